The van der Waals surface area contributed by atoms with Crippen LogP contribution in [0.15, 0.2) is 36.4 Å². The third-order valence-corrected chi connectivity index (χ3v) is 3.00. The molecule has 0 atom stereocenters. The van der Waals surface area contributed by atoms with Gasteiger partial charge in [0.25, 0.3) is 0 Å². The van der Waals surface area contributed by atoms with Gasteiger partial charge in [0.2, 0.25) is 0 Å². The lowest BCUT2D eigenvalue weighted by Gasteiger charge is -2.01. The van der Waals surface area contributed by atoms with E-state index in [-0.39, 0.29) is 0 Å². The Morgan fingerprint density at radius 1 is 1.05 bits per heavy atom. The van der Waals surface area contributed by atoms with E-state index in [0.717, 1.165) is 16.7 Å². The van der Waals surface area contributed by atoms with Crippen molar-refractivity contribution in [2.75, 3.05) is 12.8 Å². The van der Waals surface area contributed by atoms with Gasteiger partial charge in [-0.2, -0.15) is 4.80 Å². The Morgan fingerprint density at radius 3 is 2.32 bits per heavy atom. The number of rotatable bonds is 2. The van der Waals surface area contributed by atoms with Crippen molar-refractivity contribution in [3.8, 4) is 11.4 Å². The average Bonchev–Trinajstić information content (AvgIpc) is 2.81. The molecule has 0 unspecified atom stereocenters. The molecule has 1 aromatic heterocycles. The highest BCUT2D eigenvalue weighted by Crippen LogP contribution is 2.26. The van der Waals surface area contributed by atoms with Crippen LogP contribution in [0.2, 0.25) is 0 Å². The Morgan fingerprint density at radius 2 is 1.68 bits per heavy atom. The van der Waals surface area contributed by atoms with E-state index in [9.17, 15) is 0 Å². The summed E-state index contributed by atoms with van der Waals surface area (Å²) in [4.78, 5) is 1.60. The van der Waals surface area contributed by atoms with Gasteiger partial charge in [0.05, 0.1) is 18.5 Å². The van der Waals surface area contributed by atoms with Crippen LogP contribution in [0.4, 0.5) is 5.69 Å². The summed E-state index contributed by atoms with van der Waals surface area (Å²) in [6, 6.07) is 11.6. The van der Waals surface area contributed by atoms with Crippen LogP contribution in [0.25, 0.3) is 16.7 Å². The molecule has 0 fully saturated rings. The lowest BCUT2D eigenvalue weighted by Crippen LogP contribution is -1.97. The number of aryl methyl sites for hydroxylation is 1. The SMILES string of the molecule is COc1cc2nn(-c3ccc(C)cc3)nc2cc1N. The van der Waals surface area contributed by atoms with Gasteiger partial charge < -0.3 is 10.5 Å². The van der Waals surface area contributed by atoms with E-state index in [0.29, 0.717) is 11.4 Å². The predicted octanol–water partition coefficient (Wildman–Crippen LogP) is 2.32. The number of nitrogen functional groups attached to an aromatic ring is 1. The number of methoxy groups -OCH3 is 1. The van der Waals surface area contributed by atoms with Crippen molar-refractivity contribution in [3.63, 3.8) is 0 Å². The highest BCUT2D eigenvalue weighted by atomic mass is 16.5. The number of hydrogen-bond acceptors (Lipinski definition) is 4. The number of nitrogens with two attached hydrogens (primary N) is 1. The van der Waals surface area contributed by atoms with Crippen LogP contribution in [-0.4, -0.2) is 22.1 Å². The number of nitrogens with zero attached hydrogens (tertiary/aromatic N) is 3. The maximum absolute atomic E-state index is 5.86. The van der Waals surface area contributed by atoms with Gasteiger partial charge in [-0.1, -0.05) is 17.7 Å². The second-order valence-corrected chi connectivity index (χ2v) is 4.41. The first-order valence-corrected chi connectivity index (χ1v) is 5.95. The van der Waals surface area contributed by atoms with E-state index < -0.39 is 0 Å². The van der Waals surface area contributed by atoms with Gasteiger partial charge in [-0.05, 0) is 25.1 Å². The Labute approximate surface area is 110 Å². The van der Waals surface area contributed by atoms with Crippen LogP contribution in [0.3, 0.4) is 0 Å². The van der Waals surface area contributed by atoms with E-state index in [2.05, 4.69) is 10.2 Å². The summed E-state index contributed by atoms with van der Waals surface area (Å²) in [5, 5.41) is 8.85. The zero-order valence-electron chi connectivity index (χ0n) is 10.8. The van der Waals surface area contributed by atoms with Gasteiger partial charge in [0.15, 0.2) is 0 Å². The molecule has 3 aromatic rings. The minimum absolute atomic E-state index is 0.561. The highest BCUT2D eigenvalue weighted by Gasteiger charge is 2.08. The summed E-state index contributed by atoms with van der Waals surface area (Å²) >= 11 is 0. The molecule has 1 heterocycles. The molecule has 2 N–H and O–H groups in total. The van der Waals surface area contributed by atoms with Crippen LogP contribution in [0, 0.1) is 6.92 Å². The van der Waals surface area contributed by atoms with Crippen molar-refractivity contribution in [1.82, 2.24) is 15.0 Å². The highest BCUT2D eigenvalue weighted by molar-refractivity contribution is 5.81. The van der Waals surface area contributed by atoms with Crippen molar-refractivity contribution in [2.24, 2.45) is 0 Å². The summed E-state index contributed by atoms with van der Waals surface area (Å²) in [5.74, 6) is 0.614. The lowest BCUT2D eigenvalue weighted by atomic mass is 10.2. The normalized spacial score (nSPS) is 10.8. The maximum Gasteiger partial charge on any atom is 0.144 e. The standard InChI is InChI=1S/C14H14N4O/c1-9-3-5-10(6-4-9)18-16-12-7-11(15)14(19-2)8-13(12)17-18/h3-8H,15H2,1-2H3. The van der Waals surface area contributed by atoms with Gasteiger partial charge >= 0.3 is 0 Å². The van der Waals surface area contributed by atoms with Crippen molar-refractivity contribution >= 4 is 16.7 Å². The van der Waals surface area contributed by atoms with E-state index in [1.54, 1.807) is 24.0 Å². The molecule has 96 valence electrons. The van der Waals surface area contributed by atoms with Crippen molar-refractivity contribution < 1.29 is 4.74 Å². The second-order valence-electron chi connectivity index (χ2n) is 4.41. The molecule has 0 bridgehead atoms. The van der Waals surface area contributed by atoms with Crippen molar-refractivity contribution in [3.05, 3.63) is 42.0 Å². The molecule has 0 aliphatic rings. The van der Waals surface area contributed by atoms with Gasteiger partial charge in [-0.3, -0.25) is 0 Å². The molecule has 5 heteroatoms. The smallest absolute Gasteiger partial charge is 0.144 e. The largest absolute Gasteiger partial charge is 0.495 e. The monoisotopic (exact) mass is 254 g/mol. The third kappa shape index (κ3) is 1.99. The summed E-state index contributed by atoms with van der Waals surface area (Å²) in [6.07, 6.45) is 0. The van der Waals surface area contributed by atoms with E-state index in [1.165, 1.54) is 5.56 Å². The molecule has 0 amide bonds. The molecule has 0 aliphatic heterocycles. The fraction of sp³-hybridized carbons (Fsp3) is 0.143. The van der Waals surface area contributed by atoms with Crippen LogP contribution in [0.1, 0.15) is 5.56 Å². The number of ether oxygens (including phenoxy) is 1. The maximum atomic E-state index is 5.86. The molecule has 0 aliphatic carbocycles. The van der Waals surface area contributed by atoms with Crippen molar-refractivity contribution in [2.45, 2.75) is 6.92 Å². The van der Waals surface area contributed by atoms with Gasteiger partial charge in [-0.25, -0.2) is 0 Å². The second kappa shape index (κ2) is 4.28. The Bertz CT molecular complexity index is 731. The van der Waals surface area contributed by atoms with Gasteiger partial charge in [0.1, 0.15) is 16.8 Å². The lowest BCUT2D eigenvalue weighted by molar-refractivity contribution is 0.417. The fourth-order valence-electron chi connectivity index (χ4n) is 1.93. The van der Waals surface area contributed by atoms with Crippen molar-refractivity contribution in [1.29, 1.82) is 0 Å². The zero-order chi connectivity index (χ0) is 13.4. The minimum Gasteiger partial charge on any atom is -0.495 e. The zero-order valence-corrected chi connectivity index (χ0v) is 10.8. The quantitative estimate of drug-likeness (QED) is 0.713. The summed E-state index contributed by atoms with van der Waals surface area (Å²) < 4.78 is 5.18. The Hall–Kier alpha value is -2.56. The predicted molar refractivity (Wildman–Crippen MR) is 74.6 cm³/mol. The number of fused-ring (bicyclic) bond motifs is 1. The summed E-state index contributed by atoms with van der Waals surface area (Å²) in [7, 11) is 1.59. The molecule has 2 aromatic carbocycles. The molecule has 19 heavy (non-hydrogen) atoms. The molecular formula is C14H14N4O. The molecule has 0 radical (unpaired) electrons. The van der Waals surface area contributed by atoms with Crippen LogP contribution < -0.4 is 10.5 Å². The first-order chi connectivity index (χ1) is 9.17. The number of anilines is 1. The number of aromatic nitrogens is 3. The van der Waals surface area contributed by atoms with Crippen LogP contribution in [0.5, 0.6) is 5.75 Å². The Balaban J connectivity index is 2.13. The van der Waals surface area contributed by atoms with Crippen LogP contribution >= 0.6 is 0 Å². The van der Waals surface area contributed by atoms with E-state index in [4.69, 9.17) is 10.5 Å². The summed E-state index contributed by atoms with van der Waals surface area (Å²) in [6.45, 7) is 2.04. The summed E-state index contributed by atoms with van der Waals surface area (Å²) in [5.41, 5.74) is 10.0. The molecular weight excluding hydrogens is 240 g/mol. The van der Waals surface area contributed by atoms with E-state index in [1.807, 2.05) is 31.2 Å². The molecule has 0 saturated carbocycles. The van der Waals surface area contributed by atoms with Crippen LogP contribution in [-0.2, 0) is 0 Å². The molecule has 0 saturated heterocycles. The Kier molecular flexibility index (Phi) is 2.59. The number of hydrogen-bond donors (Lipinski definition) is 1. The van der Waals surface area contributed by atoms with E-state index >= 15 is 0 Å². The number of benzene rings is 2. The molecule has 5 nitrogen and oxygen atoms in total. The molecule has 0 spiro atoms. The fourth-order valence-corrected chi connectivity index (χ4v) is 1.93. The topological polar surface area (TPSA) is 66.0 Å². The minimum atomic E-state index is 0.561. The first-order valence-electron chi connectivity index (χ1n) is 5.95. The van der Waals surface area contributed by atoms with Gasteiger partial charge in [-0.15, -0.1) is 10.2 Å². The average molecular weight is 254 g/mol. The third-order valence-electron chi connectivity index (χ3n) is 3.00. The van der Waals surface area contributed by atoms with Gasteiger partial charge in [0, 0.05) is 6.07 Å². The first kappa shape index (κ1) is 11.5. The molecule has 3 rings (SSSR count).